The lowest BCUT2D eigenvalue weighted by Crippen LogP contribution is -2.49. The highest BCUT2D eigenvalue weighted by atomic mass is 79.9. The smallest absolute Gasteiger partial charge is 0.224 e. The Balaban J connectivity index is 1.17. The van der Waals surface area contributed by atoms with Crippen molar-refractivity contribution in [1.82, 2.24) is 35.4 Å². The third-order valence-corrected chi connectivity index (χ3v) is 7.51. The number of nitrogens with one attached hydrogen (secondary N) is 3. The van der Waals surface area contributed by atoms with Gasteiger partial charge in [-0.05, 0) is 47.3 Å². The number of fused-ring (bicyclic) bond motifs is 2. The predicted octanol–water partition coefficient (Wildman–Crippen LogP) is 2.95. The van der Waals surface area contributed by atoms with Crippen molar-refractivity contribution < 1.29 is 13.9 Å². The van der Waals surface area contributed by atoms with E-state index in [4.69, 9.17) is 9.72 Å². The molecule has 1 aromatic carbocycles. The molecule has 0 bridgehead atoms. The van der Waals surface area contributed by atoms with Gasteiger partial charge in [0.25, 0.3) is 0 Å². The fourth-order valence-electron chi connectivity index (χ4n) is 5.03. The summed E-state index contributed by atoms with van der Waals surface area (Å²) >= 11 is 3.47. The van der Waals surface area contributed by atoms with Gasteiger partial charge in [0.15, 0.2) is 11.5 Å². The molecule has 2 aliphatic rings. The highest BCUT2D eigenvalue weighted by molar-refractivity contribution is 9.10. The number of pyridine rings is 1. The number of benzene rings is 1. The number of hydrogen-bond acceptors (Lipinski definition) is 8. The molecule has 0 radical (unpaired) electrons. The maximum Gasteiger partial charge on any atom is 0.224 e. The SMILES string of the molecule is O=C(NC[C@H]1COCCN1)[C@@H]1CC[C@@H](Nc2ncc3c(Br)nn(-c4cc(F)c5ncccc5c4)c3n2)C1. The summed E-state index contributed by atoms with van der Waals surface area (Å²) in [6.07, 6.45) is 5.60. The molecule has 1 amide bonds. The first-order valence-corrected chi connectivity index (χ1v) is 13.2. The summed E-state index contributed by atoms with van der Waals surface area (Å²) < 4.78 is 22.4. The number of ether oxygens (including phenoxy) is 1. The quantitative estimate of drug-likeness (QED) is 0.325. The Morgan fingerprint density at radius 1 is 1.30 bits per heavy atom. The van der Waals surface area contributed by atoms with Crippen LogP contribution in [0, 0.1) is 11.7 Å². The maximum atomic E-state index is 14.7. The van der Waals surface area contributed by atoms with Crippen LogP contribution in [0.25, 0.3) is 27.6 Å². The zero-order chi connectivity index (χ0) is 25.4. The van der Waals surface area contributed by atoms with Crippen molar-refractivity contribution in [2.24, 2.45) is 5.92 Å². The Kier molecular flexibility index (Phi) is 6.70. The van der Waals surface area contributed by atoms with Gasteiger partial charge in [-0.15, -0.1) is 0 Å². The van der Waals surface area contributed by atoms with Gasteiger partial charge in [-0.25, -0.2) is 14.1 Å². The lowest BCUT2D eigenvalue weighted by atomic mass is 10.1. The third-order valence-electron chi connectivity index (χ3n) is 6.92. The molecule has 37 heavy (non-hydrogen) atoms. The molecular weight excluding hydrogens is 543 g/mol. The Morgan fingerprint density at radius 3 is 3.08 bits per heavy atom. The first-order valence-electron chi connectivity index (χ1n) is 12.4. The van der Waals surface area contributed by atoms with Crippen molar-refractivity contribution in [2.45, 2.75) is 31.3 Å². The second-order valence-corrected chi connectivity index (χ2v) is 10.2. The van der Waals surface area contributed by atoms with Crippen molar-refractivity contribution in [3.8, 4) is 5.69 Å². The molecule has 1 saturated heterocycles. The number of carbonyl (C=O) groups excluding carboxylic acids is 1. The fourth-order valence-corrected chi connectivity index (χ4v) is 5.46. The Hall–Kier alpha value is -3.22. The van der Waals surface area contributed by atoms with Gasteiger partial charge in [-0.2, -0.15) is 10.1 Å². The van der Waals surface area contributed by atoms with Gasteiger partial charge in [0.05, 0.1) is 24.3 Å². The van der Waals surface area contributed by atoms with Gasteiger partial charge in [-0.3, -0.25) is 9.78 Å². The number of aromatic nitrogens is 5. The average Bonchev–Trinajstić information content (AvgIpc) is 3.52. The van der Waals surface area contributed by atoms with Crippen LogP contribution in [0.5, 0.6) is 0 Å². The Labute approximate surface area is 220 Å². The van der Waals surface area contributed by atoms with Crippen molar-refractivity contribution in [2.75, 3.05) is 31.6 Å². The topological polar surface area (TPSA) is 119 Å². The lowest BCUT2D eigenvalue weighted by Gasteiger charge is -2.24. The molecule has 1 aliphatic heterocycles. The molecule has 4 aromatic rings. The number of rotatable bonds is 6. The average molecular weight is 569 g/mol. The van der Waals surface area contributed by atoms with Crippen LogP contribution in [0.4, 0.5) is 10.3 Å². The maximum absolute atomic E-state index is 14.7. The molecule has 192 valence electrons. The van der Waals surface area contributed by atoms with Crippen molar-refractivity contribution >= 4 is 49.7 Å². The van der Waals surface area contributed by atoms with Gasteiger partial charge >= 0.3 is 0 Å². The molecule has 2 fully saturated rings. The van der Waals surface area contributed by atoms with Crippen LogP contribution in [0.3, 0.4) is 0 Å². The number of amides is 1. The third kappa shape index (κ3) is 5.00. The lowest BCUT2D eigenvalue weighted by molar-refractivity contribution is -0.125. The minimum Gasteiger partial charge on any atom is -0.378 e. The van der Waals surface area contributed by atoms with Crippen LogP contribution in [0.15, 0.2) is 41.3 Å². The summed E-state index contributed by atoms with van der Waals surface area (Å²) in [5.74, 6) is 0.0310. The molecule has 10 nitrogen and oxygen atoms in total. The van der Waals surface area contributed by atoms with E-state index in [-0.39, 0.29) is 23.9 Å². The van der Waals surface area contributed by atoms with Crippen LogP contribution < -0.4 is 16.0 Å². The zero-order valence-electron chi connectivity index (χ0n) is 20.0. The molecule has 3 N–H and O–H groups in total. The summed E-state index contributed by atoms with van der Waals surface area (Å²) in [4.78, 5) is 26.0. The van der Waals surface area contributed by atoms with Crippen molar-refractivity contribution in [1.29, 1.82) is 0 Å². The second-order valence-electron chi connectivity index (χ2n) is 9.46. The summed E-state index contributed by atoms with van der Waals surface area (Å²) in [5.41, 5.74) is 1.39. The van der Waals surface area contributed by atoms with Crippen LogP contribution in [0.1, 0.15) is 19.3 Å². The van der Waals surface area contributed by atoms with E-state index in [2.05, 4.69) is 46.9 Å². The van der Waals surface area contributed by atoms with E-state index >= 15 is 0 Å². The molecule has 6 rings (SSSR count). The zero-order valence-corrected chi connectivity index (χ0v) is 21.5. The first kappa shape index (κ1) is 24.1. The minimum absolute atomic E-state index is 0.0559. The van der Waals surface area contributed by atoms with Gasteiger partial charge in [0, 0.05) is 54.9 Å². The fraction of sp³-hybridized carbons (Fsp3) is 0.400. The number of morpholine rings is 1. The van der Waals surface area contributed by atoms with Gasteiger partial charge in [0.2, 0.25) is 11.9 Å². The molecule has 4 heterocycles. The minimum atomic E-state index is -0.428. The summed E-state index contributed by atoms with van der Waals surface area (Å²) in [6, 6.07) is 7.04. The number of anilines is 1. The van der Waals surface area contributed by atoms with Crippen molar-refractivity contribution in [3.63, 3.8) is 0 Å². The molecule has 3 atom stereocenters. The molecule has 1 saturated carbocycles. The second kappa shape index (κ2) is 10.3. The van der Waals surface area contributed by atoms with E-state index in [1.54, 1.807) is 23.1 Å². The molecule has 0 unspecified atom stereocenters. The normalized spacial score (nSPS) is 21.9. The summed E-state index contributed by atoms with van der Waals surface area (Å²) in [7, 11) is 0. The largest absolute Gasteiger partial charge is 0.378 e. The van der Waals surface area contributed by atoms with E-state index in [1.807, 2.05) is 12.1 Å². The van der Waals surface area contributed by atoms with E-state index in [9.17, 15) is 9.18 Å². The molecule has 3 aromatic heterocycles. The van der Waals surface area contributed by atoms with Crippen LogP contribution in [-0.2, 0) is 9.53 Å². The Morgan fingerprint density at radius 2 is 2.22 bits per heavy atom. The van der Waals surface area contributed by atoms with E-state index in [1.165, 1.54) is 6.07 Å². The number of hydrogen-bond donors (Lipinski definition) is 3. The van der Waals surface area contributed by atoms with E-state index in [0.29, 0.717) is 64.4 Å². The Bertz CT molecular complexity index is 1460. The summed E-state index contributed by atoms with van der Waals surface area (Å²) in [6.45, 7) is 2.70. The number of carbonyl (C=O) groups is 1. The molecular formula is C25H26BrFN8O2. The van der Waals surface area contributed by atoms with Crippen molar-refractivity contribution in [3.05, 3.63) is 47.1 Å². The molecule has 1 aliphatic carbocycles. The van der Waals surface area contributed by atoms with Gasteiger partial charge < -0.3 is 20.7 Å². The van der Waals surface area contributed by atoms with Gasteiger partial charge in [-0.1, -0.05) is 6.07 Å². The van der Waals surface area contributed by atoms with Gasteiger partial charge in [0.1, 0.15) is 10.1 Å². The standard InChI is InChI=1S/C25H26BrFN8O2/c26-22-19-12-31-25(32-16-4-3-15(8-16)24(36)30-11-17-13-37-7-6-28-17)33-23(19)35(34-22)18-9-14-2-1-5-29-21(14)20(27)10-18/h1-2,5,9-10,12,15-17,28H,3-4,6-8,11,13H2,(H,30,36)(H,31,32,33)/t15-,16-,17+/m1/s1. The predicted molar refractivity (Wildman–Crippen MR) is 140 cm³/mol. The first-order chi connectivity index (χ1) is 18.0. The monoisotopic (exact) mass is 568 g/mol. The molecule has 12 heteroatoms. The van der Waals surface area contributed by atoms with Crippen LogP contribution in [-0.4, -0.2) is 69.0 Å². The number of halogens is 2. The van der Waals surface area contributed by atoms with Crippen LogP contribution in [0.2, 0.25) is 0 Å². The van der Waals surface area contributed by atoms with E-state index < -0.39 is 5.82 Å². The summed E-state index contributed by atoms with van der Waals surface area (Å²) in [5, 5.41) is 15.7. The highest BCUT2D eigenvalue weighted by Gasteiger charge is 2.31. The molecule has 0 spiro atoms. The number of nitrogens with zero attached hydrogens (tertiary/aromatic N) is 5. The van der Waals surface area contributed by atoms with E-state index in [0.717, 1.165) is 19.4 Å². The highest BCUT2D eigenvalue weighted by Crippen LogP contribution is 2.30. The van der Waals surface area contributed by atoms with Crippen LogP contribution >= 0.6 is 15.9 Å².